The summed E-state index contributed by atoms with van der Waals surface area (Å²) in [6.07, 6.45) is 5.07. The molecule has 2 aliphatic rings. The predicted octanol–water partition coefficient (Wildman–Crippen LogP) is 2.88. The summed E-state index contributed by atoms with van der Waals surface area (Å²) in [6.45, 7) is 1.73. The van der Waals surface area contributed by atoms with Gasteiger partial charge in [-0.2, -0.15) is 10.2 Å². The fourth-order valence-corrected chi connectivity index (χ4v) is 5.03. The van der Waals surface area contributed by atoms with Crippen molar-refractivity contribution in [2.45, 2.75) is 31.2 Å². The van der Waals surface area contributed by atoms with Gasteiger partial charge in [0.05, 0.1) is 30.4 Å². The normalized spacial score (nSPS) is 16.4. The van der Waals surface area contributed by atoms with E-state index in [-0.39, 0.29) is 11.9 Å². The summed E-state index contributed by atoms with van der Waals surface area (Å²) in [6, 6.07) is 9.97. The van der Waals surface area contributed by atoms with Crippen molar-refractivity contribution in [1.29, 1.82) is 0 Å². The van der Waals surface area contributed by atoms with Crippen LogP contribution in [0.5, 0.6) is 5.75 Å². The average Bonchev–Trinajstić information content (AvgIpc) is 3.44. The number of methoxy groups -OCH3 is 1. The zero-order chi connectivity index (χ0) is 24.1. The first-order chi connectivity index (χ1) is 17.0. The van der Waals surface area contributed by atoms with Crippen LogP contribution in [0.15, 0.2) is 36.5 Å². The smallest absolute Gasteiger partial charge is 0.255 e. The number of aryl methyl sites for hydroxylation is 1. The molecule has 2 N–H and O–H groups in total. The molecule has 0 atom stereocenters. The summed E-state index contributed by atoms with van der Waals surface area (Å²) >= 11 is 0. The molecule has 2 aromatic carbocycles. The number of hydrogen-bond donors (Lipinski definition) is 2. The molecule has 1 aliphatic carbocycles. The first-order valence-electron chi connectivity index (χ1n) is 12.0. The first-order valence-corrected chi connectivity index (χ1v) is 12.0. The number of nitrogens with one attached hydrogen (secondary N) is 2. The van der Waals surface area contributed by atoms with Crippen LogP contribution >= 0.6 is 0 Å². The topological polar surface area (TPSA) is 101 Å². The number of nitrogens with zero attached hydrogens (tertiary/aromatic N) is 5. The molecular weight excluding hydrogens is 442 g/mol. The number of fused-ring (bicyclic) bond motifs is 1. The third-order valence-electron chi connectivity index (χ3n) is 7.05. The molecule has 6 rings (SSSR count). The van der Waals surface area contributed by atoms with E-state index in [1.54, 1.807) is 13.2 Å². The number of rotatable bonds is 7. The molecule has 4 aromatic rings. The second-order valence-electron chi connectivity index (χ2n) is 9.70. The van der Waals surface area contributed by atoms with Crippen LogP contribution in [-0.2, 0) is 13.5 Å². The van der Waals surface area contributed by atoms with E-state index >= 15 is 0 Å². The van der Waals surface area contributed by atoms with Gasteiger partial charge in [-0.15, -0.1) is 0 Å². The van der Waals surface area contributed by atoms with Crippen molar-refractivity contribution in [3.8, 4) is 17.1 Å². The molecule has 0 radical (unpaired) electrons. The highest BCUT2D eigenvalue weighted by molar-refractivity contribution is 5.97. The van der Waals surface area contributed by atoms with E-state index in [1.165, 1.54) is 29.4 Å². The molecule has 2 fully saturated rings. The van der Waals surface area contributed by atoms with Crippen molar-refractivity contribution in [2.75, 3.05) is 27.2 Å². The summed E-state index contributed by atoms with van der Waals surface area (Å²) in [7, 11) is 5.54. The maximum Gasteiger partial charge on any atom is 0.255 e. The molecule has 9 heteroatoms. The molecule has 3 heterocycles. The maximum atomic E-state index is 12.8. The van der Waals surface area contributed by atoms with Crippen LogP contribution in [0.25, 0.3) is 22.3 Å². The van der Waals surface area contributed by atoms with E-state index in [2.05, 4.69) is 37.6 Å². The zero-order valence-electron chi connectivity index (χ0n) is 20.2. The van der Waals surface area contributed by atoms with Crippen LogP contribution in [-0.4, -0.2) is 69.1 Å². The summed E-state index contributed by atoms with van der Waals surface area (Å²) in [5, 5.41) is 16.3. The minimum atomic E-state index is -0.122. The molecule has 9 nitrogen and oxygen atoms in total. The SMILES string of the molecule is COc1cc(-c2nc(Cc3ccc4[nH]ncc4c3C3CC3)n(C)n2)ccc1C(=O)NC1CN(C)C1. The Morgan fingerprint density at radius 3 is 2.77 bits per heavy atom. The van der Waals surface area contributed by atoms with Gasteiger partial charge in [0, 0.05) is 37.5 Å². The lowest BCUT2D eigenvalue weighted by Crippen LogP contribution is -2.57. The number of ether oxygens (including phenoxy) is 1. The van der Waals surface area contributed by atoms with Crippen LogP contribution in [0.4, 0.5) is 0 Å². The number of H-pyrrole nitrogens is 1. The predicted molar refractivity (Wildman–Crippen MR) is 133 cm³/mol. The lowest BCUT2D eigenvalue weighted by atomic mass is 9.96. The Morgan fingerprint density at radius 2 is 2.03 bits per heavy atom. The molecule has 1 saturated carbocycles. The van der Waals surface area contributed by atoms with Crippen LogP contribution < -0.4 is 10.1 Å². The number of carbonyl (C=O) groups excluding carboxylic acids is 1. The van der Waals surface area contributed by atoms with Gasteiger partial charge in [-0.3, -0.25) is 14.6 Å². The monoisotopic (exact) mass is 471 g/mol. The number of aromatic amines is 1. The highest BCUT2D eigenvalue weighted by Gasteiger charge is 2.29. The van der Waals surface area contributed by atoms with Crippen molar-refractivity contribution in [2.24, 2.45) is 7.05 Å². The molecule has 1 aliphatic heterocycles. The Bertz CT molecular complexity index is 1410. The summed E-state index contributed by atoms with van der Waals surface area (Å²) in [5.41, 5.74) is 5.07. The molecule has 1 amide bonds. The van der Waals surface area contributed by atoms with E-state index < -0.39 is 0 Å². The molecule has 0 bridgehead atoms. The maximum absolute atomic E-state index is 12.8. The summed E-state index contributed by atoms with van der Waals surface area (Å²) in [4.78, 5) is 19.8. The van der Waals surface area contributed by atoms with Crippen molar-refractivity contribution in [3.63, 3.8) is 0 Å². The molecule has 0 unspecified atom stereocenters. The zero-order valence-corrected chi connectivity index (χ0v) is 20.2. The van der Waals surface area contributed by atoms with E-state index in [0.29, 0.717) is 29.5 Å². The molecule has 0 spiro atoms. The van der Waals surface area contributed by atoms with Gasteiger partial charge in [-0.05, 0) is 55.1 Å². The number of likely N-dealkylation sites (tertiary alicyclic amines) is 1. The number of likely N-dealkylation sites (N-methyl/N-ethyl adjacent to an activating group) is 1. The van der Waals surface area contributed by atoms with E-state index in [4.69, 9.17) is 9.72 Å². The minimum absolute atomic E-state index is 0.122. The van der Waals surface area contributed by atoms with Gasteiger partial charge in [0.25, 0.3) is 5.91 Å². The number of hydrogen-bond acceptors (Lipinski definition) is 6. The van der Waals surface area contributed by atoms with E-state index in [0.717, 1.165) is 30.0 Å². The fourth-order valence-electron chi connectivity index (χ4n) is 5.03. The molecule has 180 valence electrons. The van der Waals surface area contributed by atoms with Gasteiger partial charge in [0.1, 0.15) is 11.6 Å². The van der Waals surface area contributed by atoms with Gasteiger partial charge in [-0.25, -0.2) is 4.98 Å². The standard InChI is InChI=1S/C26H29N7O2/c1-32-13-18(14-32)28-26(34)19-8-6-17(10-22(19)35-3)25-29-23(33(2)31-25)11-16-7-9-21-20(12-27-30-21)24(16)15-4-5-15/h6-10,12,15,18H,4-5,11,13-14H2,1-3H3,(H,27,30)(H,28,34). The Labute approximate surface area is 203 Å². The van der Waals surface area contributed by atoms with Gasteiger partial charge in [0.2, 0.25) is 0 Å². The lowest BCUT2D eigenvalue weighted by Gasteiger charge is -2.36. The van der Waals surface area contributed by atoms with E-state index in [9.17, 15) is 4.79 Å². The van der Waals surface area contributed by atoms with Gasteiger partial charge >= 0.3 is 0 Å². The van der Waals surface area contributed by atoms with Gasteiger partial charge < -0.3 is 15.0 Å². The Morgan fingerprint density at radius 1 is 1.20 bits per heavy atom. The summed E-state index contributed by atoms with van der Waals surface area (Å²) in [5.74, 6) is 2.50. The Kier molecular flexibility index (Phi) is 5.29. The highest BCUT2D eigenvalue weighted by atomic mass is 16.5. The van der Waals surface area contributed by atoms with Crippen molar-refractivity contribution >= 4 is 16.8 Å². The molecule has 2 aromatic heterocycles. The van der Waals surface area contributed by atoms with Gasteiger partial charge in [-0.1, -0.05) is 12.1 Å². The highest BCUT2D eigenvalue weighted by Crippen LogP contribution is 2.45. The van der Waals surface area contributed by atoms with Crippen LogP contribution in [0.2, 0.25) is 0 Å². The second-order valence-corrected chi connectivity index (χ2v) is 9.70. The number of aromatic nitrogens is 5. The number of carbonyl (C=O) groups is 1. The quantitative estimate of drug-likeness (QED) is 0.430. The Hall–Kier alpha value is -3.72. The van der Waals surface area contributed by atoms with Crippen molar-refractivity contribution in [3.05, 3.63) is 59.0 Å². The average molecular weight is 472 g/mol. The second kappa shape index (κ2) is 8.49. The molecular formula is C26H29N7O2. The molecule has 1 saturated heterocycles. The van der Waals surface area contributed by atoms with Crippen molar-refractivity contribution in [1.82, 2.24) is 35.2 Å². The largest absolute Gasteiger partial charge is 0.496 e. The van der Waals surface area contributed by atoms with Crippen LogP contribution in [0.3, 0.4) is 0 Å². The number of benzene rings is 2. The van der Waals surface area contributed by atoms with Gasteiger partial charge in [0.15, 0.2) is 5.82 Å². The molecule has 35 heavy (non-hydrogen) atoms. The van der Waals surface area contributed by atoms with Crippen LogP contribution in [0, 0.1) is 0 Å². The fraction of sp³-hybridized carbons (Fsp3) is 0.385. The van der Waals surface area contributed by atoms with Crippen LogP contribution in [0.1, 0.15) is 46.1 Å². The third kappa shape index (κ3) is 4.05. The lowest BCUT2D eigenvalue weighted by molar-refractivity contribution is 0.0855. The first kappa shape index (κ1) is 21.8. The Balaban J connectivity index is 1.26. The van der Waals surface area contributed by atoms with E-state index in [1.807, 2.05) is 37.1 Å². The minimum Gasteiger partial charge on any atom is -0.496 e. The summed E-state index contributed by atoms with van der Waals surface area (Å²) < 4.78 is 7.39. The van der Waals surface area contributed by atoms with Crippen molar-refractivity contribution < 1.29 is 9.53 Å². The third-order valence-corrected chi connectivity index (χ3v) is 7.05. The number of amides is 1.